The molecule has 4 heteroatoms. The number of halogens is 1. The first-order valence-corrected chi connectivity index (χ1v) is 8.34. The molecule has 118 valence electrons. The number of aryl methyl sites for hydroxylation is 2. The molecular weight excluding hydrogens is 284 g/mol. The zero-order valence-corrected chi connectivity index (χ0v) is 14.6. The van der Waals surface area contributed by atoms with E-state index in [0.29, 0.717) is 18.1 Å². The Hall–Kier alpha value is -0.830. The van der Waals surface area contributed by atoms with E-state index in [4.69, 9.17) is 11.6 Å². The van der Waals surface area contributed by atoms with E-state index in [1.165, 1.54) is 0 Å². The van der Waals surface area contributed by atoms with Crippen molar-refractivity contribution < 1.29 is 4.79 Å². The molecule has 0 radical (unpaired) electrons. The fourth-order valence-electron chi connectivity index (χ4n) is 3.37. The SMILES string of the molecule is CCc1nn(C)c(CC2CC(C(C)(C)C)CCC2=O)c1Cl. The molecule has 1 fully saturated rings. The van der Waals surface area contributed by atoms with Crippen molar-refractivity contribution in [3.8, 4) is 0 Å². The van der Waals surface area contributed by atoms with Gasteiger partial charge in [-0.15, -0.1) is 0 Å². The Kier molecular flexibility index (Phi) is 4.82. The largest absolute Gasteiger partial charge is 0.299 e. The van der Waals surface area contributed by atoms with Crippen molar-refractivity contribution in [2.45, 2.75) is 59.8 Å². The molecule has 2 atom stereocenters. The zero-order valence-electron chi connectivity index (χ0n) is 13.9. The predicted molar refractivity (Wildman–Crippen MR) is 86.6 cm³/mol. The zero-order chi connectivity index (χ0) is 15.8. The molecule has 1 aromatic rings. The molecule has 2 rings (SSSR count). The van der Waals surface area contributed by atoms with Crippen LogP contribution < -0.4 is 0 Å². The quantitative estimate of drug-likeness (QED) is 0.838. The predicted octanol–water partition coefficient (Wildman–Crippen LogP) is 4.21. The highest BCUT2D eigenvalue weighted by Gasteiger charge is 2.35. The summed E-state index contributed by atoms with van der Waals surface area (Å²) in [5.74, 6) is 1.10. The molecule has 1 aromatic heterocycles. The van der Waals surface area contributed by atoms with Gasteiger partial charge in [0, 0.05) is 25.8 Å². The van der Waals surface area contributed by atoms with Crippen molar-refractivity contribution in [1.82, 2.24) is 9.78 Å². The second-order valence-corrected chi connectivity index (χ2v) is 7.77. The maximum atomic E-state index is 12.3. The van der Waals surface area contributed by atoms with E-state index in [1.54, 1.807) is 0 Å². The monoisotopic (exact) mass is 310 g/mol. The van der Waals surface area contributed by atoms with E-state index in [1.807, 2.05) is 11.7 Å². The molecule has 0 bridgehead atoms. The van der Waals surface area contributed by atoms with Crippen LogP contribution in [0.2, 0.25) is 5.02 Å². The fraction of sp³-hybridized carbons (Fsp3) is 0.765. The third-order valence-electron chi connectivity index (χ3n) is 4.93. The number of hydrogen-bond acceptors (Lipinski definition) is 2. The minimum atomic E-state index is 0.0978. The van der Waals surface area contributed by atoms with E-state index in [9.17, 15) is 4.79 Å². The first-order chi connectivity index (χ1) is 9.74. The summed E-state index contributed by atoms with van der Waals surface area (Å²) in [6.45, 7) is 8.88. The second kappa shape index (κ2) is 6.12. The smallest absolute Gasteiger partial charge is 0.136 e. The number of aromatic nitrogens is 2. The van der Waals surface area contributed by atoms with Crippen molar-refractivity contribution in [3.05, 3.63) is 16.4 Å². The maximum Gasteiger partial charge on any atom is 0.136 e. The highest BCUT2D eigenvalue weighted by Crippen LogP contribution is 2.40. The van der Waals surface area contributed by atoms with E-state index < -0.39 is 0 Å². The van der Waals surface area contributed by atoms with Gasteiger partial charge in [0.15, 0.2) is 0 Å². The Bertz CT molecular complexity index is 528. The summed E-state index contributed by atoms with van der Waals surface area (Å²) < 4.78 is 1.86. The summed E-state index contributed by atoms with van der Waals surface area (Å²) in [6.07, 6.45) is 4.27. The van der Waals surface area contributed by atoms with E-state index in [2.05, 4.69) is 32.8 Å². The summed E-state index contributed by atoms with van der Waals surface area (Å²) in [5, 5.41) is 5.22. The average Bonchev–Trinajstić information content (AvgIpc) is 2.67. The topological polar surface area (TPSA) is 34.9 Å². The van der Waals surface area contributed by atoms with Gasteiger partial charge >= 0.3 is 0 Å². The summed E-state index contributed by atoms with van der Waals surface area (Å²) in [4.78, 5) is 12.3. The lowest BCUT2D eigenvalue weighted by atomic mass is 9.68. The van der Waals surface area contributed by atoms with Crippen LogP contribution in [0.4, 0.5) is 0 Å². The lowest BCUT2D eigenvalue weighted by molar-refractivity contribution is -0.126. The normalized spacial score (nSPS) is 23.6. The minimum absolute atomic E-state index is 0.0978. The van der Waals surface area contributed by atoms with E-state index in [-0.39, 0.29) is 11.3 Å². The van der Waals surface area contributed by atoms with Gasteiger partial charge in [0.25, 0.3) is 0 Å². The molecule has 1 aliphatic rings. The van der Waals surface area contributed by atoms with Gasteiger partial charge in [-0.1, -0.05) is 39.3 Å². The average molecular weight is 311 g/mol. The van der Waals surface area contributed by atoms with E-state index >= 15 is 0 Å². The number of rotatable bonds is 3. The minimum Gasteiger partial charge on any atom is -0.299 e. The molecule has 0 aromatic carbocycles. The van der Waals surface area contributed by atoms with Crippen molar-refractivity contribution in [2.75, 3.05) is 0 Å². The van der Waals surface area contributed by atoms with Crippen LogP contribution in [0.25, 0.3) is 0 Å². The number of hydrogen-bond donors (Lipinski definition) is 0. The molecule has 0 amide bonds. The Morgan fingerprint density at radius 3 is 2.57 bits per heavy atom. The molecule has 1 saturated carbocycles. The Balaban J connectivity index is 2.18. The van der Waals surface area contributed by atoms with Crippen LogP contribution in [0.1, 0.15) is 58.3 Å². The summed E-state index contributed by atoms with van der Waals surface area (Å²) in [6, 6.07) is 0. The Labute approximate surface area is 133 Å². The molecule has 2 unspecified atom stereocenters. The van der Waals surface area contributed by atoms with Gasteiger partial charge < -0.3 is 0 Å². The van der Waals surface area contributed by atoms with Gasteiger partial charge in [0.2, 0.25) is 0 Å². The Morgan fingerprint density at radius 1 is 1.38 bits per heavy atom. The van der Waals surface area contributed by atoms with Crippen LogP contribution >= 0.6 is 11.6 Å². The highest BCUT2D eigenvalue weighted by molar-refractivity contribution is 6.31. The molecule has 0 saturated heterocycles. The standard InChI is InChI=1S/C17H27ClN2O/c1-6-13-16(18)14(20(5)19-13)10-11-9-12(17(2,3)4)7-8-15(11)21/h11-12H,6-10H2,1-5H3. The number of carbonyl (C=O) groups excluding carboxylic acids is 1. The summed E-state index contributed by atoms with van der Waals surface area (Å²) in [5.41, 5.74) is 2.22. The van der Waals surface area contributed by atoms with Gasteiger partial charge in [-0.2, -0.15) is 5.10 Å². The fourth-order valence-corrected chi connectivity index (χ4v) is 3.74. The molecule has 0 aliphatic heterocycles. The first kappa shape index (κ1) is 16.5. The van der Waals surface area contributed by atoms with Crippen molar-refractivity contribution in [1.29, 1.82) is 0 Å². The van der Waals surface area contributed by atoms with Crippen LogP contribution in [-0.4, -0.2) is 15.6 Å². The van der Waals surface area contributed by atoms with Crippen molar-refractivity contribution in [2.24, 2.45) is 24.3 Å². The molecular formula is C17H27ClN2O. The summed E-state index contributed by atoms with van der Waals surface area (Å²) in [7, 11) is 1.93. The number of carbonyl (C=O) groups is 1. The lowest BCUT2D eigenvalue weighted by Crippen LogP contribution is -2.33. The Morgan fingerprint density at radius 2 is 2.05 bits per heavy atom. The van der Waals surface area contributed by atoms with Crippen molar-refractivity contribution >= 4 is 17.4 Å². The third-order valence-corrected chi connectivity index (χ3v) is 5.37. The second-order valence-electron chi connectivity index (χ2n) is 7.39. The van der Waals surface area contributed by atoms with Gasteiger partial charge in [-0.3, -0.25) is 9.48 Å². The van der Waals surface area contributed by atoms with Crippen LogP contribution in [0.5, 0.6) is 0 Å². The molecule has 0 spiro atoms. The number of ketones is 1. The molecule has 1 aliphatic carbocycles. The van der Waals surface area contributed by atoms with Crippen LogP contribution in [0.15, 0.2) is 0 Å². The van der Waals surface area contributed by atoms with Gasteiger partial charge in [-0.05, 0) is 30.6 Å². The highest BCUT2D eigenvalue weighted by atomic mass is 35.5. The molecule has 1 heterocycles. The molecule has 0 N–H and O–H groups in total. The number of nitrogens with zero attached hydrogens (tertiary/aromatic N) is 2. The van der Waals surface area contributed by atoms with Crippen LogP contribution in [-0.2, 0) is 24.7 Å². The van der Waals surface area contributed by atoms with Gasteiger partial charge in [0.1, 0.15) is 5.78 Å². The van der Waals surface area contributed by atoms with Crippen LogP contribution in [0, 0.1) is 17.3 Å². The molecule has 21 heavy (non-hydrogen) atoms. The lowest BCUT2D eigenvalue weighted by Gasteiger charge is -2.37. The maximum absolute atomic E-state index is 12.3. The van der Waals surface area contributed by atoms with Crippen molar-refractivity contribution in [3.63, 3.8) is 0 Å². The molecule has 3 nitrogen and oxygen atoms in total. The first-order valence-electron chi connectivity index (χ1n) is 7.97. The van der Waals surface area contributed by atoms with Gasteiger partial charge in [0.05, 0.1) is 16.4 Å². The van der Waals surface area contributed by atoms with Crippen LogP contribution in [0.3, 0.4) is 0 Å². The van der Waals surface area contributed by atoms with Gasteiger partial charge in [-0.25, -0.2) is 0 Å². The van der Waals surface area contributed by atoms with E-state index in [0.717, 1.165) is 42.1 Å². The number of Topliss-reactive ketones (excluding diaryl/α,β-unsaturated/α-hetero) is 1. The summed E-state index contributed by atoms with van der Waals surface area (Å²) >= 11 is 6.43. The third kappa shape index (κ3) is 3.50.